The lowest BCUT2D eigenvalue weighted by molar-refractivity contribution is 0.176. The molecule has 80 valence electrons. The SMILES string of the molecule is C#CCOC(=O)Nc1nc2ccccc2[nH]1. The van der Waals surface area contributed by atoms with Crippen LogP contribution < -0.4 is 5.32 Å². The second kappa shape index (κ2) is 4.36. The van der Waals surface area contributed by atoms with E-state index >= 15 is 0 Å². The second-order valence-corrected chi connectivity index (χ2v) is 3.01. The fourth-order valence-electron chi connectivity index (χ4n) is 1.25. The van der Waals surface area contributed by atoms with Gasteiger partial charge in [0.2, 0.25) is 5.95 Å². The van der Waals surface area contributed by atoms with E-state index in [1.54, 1.807) is 0 Å². The number of hydrogen-bond acceptors (Lipinski definition) is 3. The highest BCUT2D eigenvalue weighted by Gasteiger charge is 2.06. The predicted octanol–water partition coefficient (Wildman–Crippen LogP) is 1.74. The number of nitrogens with one attached hydrogen (secondary N) is 2. The smallest absolute Gasteiger partial charge is 0.414 e. The first-order valence-corrected chi connectivity index (χ1v) is 4.61. The average Bonchev–Trinajstić information content (AvgIpc) is 2.68. The van der Waals surface area contributed by atoms with Gasteiger partial charge in [-0.1, -0.05) is 18.1 Å². The molecule has 0 radical (unpaired) electrons. The van der Waals surface area contributed by atoms with E-state index < -0.39 is 6.09 Å². The van der Waals surface area contributed by atoms with Gasteiger partial charge in [0, 0.05) is 0 Å². The Kier molecular flexibility index (Phi) is 2.74. The summed E-state index contributed by atoms with van der Waals surface area (Å²) in [5.74, 6) is 2.53. The molecule has 1 amide bonds. The van der Waals surface area contributed by atoms with Crippen LogP contribution in [0, 0.1) is 12.3 Å². The topological polar surface area (TPSA) is 67.0 Å². The van der Waals surface area contributed by atoms with Crippen molar-refractivity contribution >= 4 is 23.1 Å². The van der Waals surface area contributed by atoms with Crippen molar-refractivity contribution in [1.82, 2.24) is 9.97 Å². The van der Waals surface area contributed by atoms with E-state index in [1.807, 2.05) is 24.3 Å². The van der Waals surface area contributed by atoms with Crippen LogP contribution in [0.1, 0.15) is 0 Å². The summed E-state index contributed by atoms with van der Waals surface area (Å²) in [4.78, 5) is 18.2. The van der Waals surface area contributed by atoms with Crippen LogP contribution in [0.5, 0.6) is 0 Å². The van der Waals surface area contributed by atoms with Crippen molar-refractivity contribution in [2.24, 2.45) is 0 Å². The fraction of sp³-hybridized carbons (Fsp3) is 0.0909. The Morgan fingerprint density at radius 2 is 2.38 bits per heavy atom. The Morgan fingerprint density at radius 3 is 3.12 bits per heavy atom. The molecule has 1 aromatic heterocycles. The average molecular weight is 215 g/mol. The number of ether oxygens (including phenoxy) is 1. The summed E-state index contributed by atoms with van der Waals surface area (Å²) in [7, 11) is 0. The van der Waals surface area contributed by atoms with Crippen LogP contribution in [0.4, 0.5) is 10.7 Å². The highest BCUT2D eigenvalue weighted by molar-refractivity contribution is 5.86. The third-order valence-electron chi connectivity index (χ3n) is 1.90. The molecule has 0 fully saturated rings. The largest absolute Gasteiger partial charge is 0.436 e. The van der Waals surface area contributed by atoms with Gasteiger partial charge in [-0.05, 0) is 12.1 Å². The lowest BCUT2D eigenvalue weighted by atomic mass is 10.3. The standard InChI is InChI=1S/C11H9N3O2/c1-2-7-16-11(15)14-10-12-8-5-3-4-6-9(8)13-10/h1,3-6H,7H2,(H2,12,13,14,15). The fourth-order valence-corrected chi connectivity index (χ4v) is 1.25. The summed E-state index contributed by atoms with van der Waals surface area (Å²) < 4.78 is 4.64. The summed E-state index contributed by atoms with van der Waals surface area (Å²) >= 11 is 0. The first-order chi connectivity index (χ1) is 7.79. The zero-order valence-electron chi connectivity index (χ0n) is 8.36. The van der Waals surface area contributed by atoms with E-state index in [9.17, 15) is 4.79 Å². The van der Waals surface area contributed by atoms with Gasteiger partial charge in [0.15, 0.2) is 6.61 Å². The van der Waals surface area contributed by atoms with Crippen molar-refractivity contribution in [3.05, 3.63) is 24.3 Å². The molecule has 2 rings (SSSR count). The maximum atomic E-state index is 11.2. The number of aromatic amines is 1. The van der Waals surface area contributed by atoms with Crippen LogP contribution in [0.2, 0.25) is 0 Å². The third kappa shape index (κ3) is 2.12. The van der Waals surface area contributed by atoms with Crippen molar-refractivity contribution in [2.75, 3.05) is 11.9 Å². The van der Waals surface area contributed by atoms with E-state index in [0.29, 0.717) is 5.95 Å². The maximum Gasteiger partial charge on any atom is 0.414 e. The molecule has 0 atom stereocenters. The Morgan fingerprint density at radius 1 is 1.56 bits per heavy atom. The van der Waals surface area contributed by atoms with E-state index in [4.69, 9.17) is 6.42 Å². The number of rotatable bonds is 2. The van der Waals surface area contributed by atoms with E-state index in [1.165, 1.54) is 0 Å². The molecule has 5 nitrogen and oxygen atoms in total. The Hall–Kier alpha value is -2.48. The number of imidazole rings is 1. The minimum atomic E-state index is -0.628. The molecule has 0 unspecified atom stereocenters. The van der Waals surface area contributed by atoms with Crippen molar-refractivity contribution in [2.45, 2.75) is 0 Å². The van der Waals surface area contributed by atoms with Gasteiger partial charge in [-0.2, -0.15) is 0 Å². The summed E-state index contributed by atoms with van der Waals surface area (Å²) in [5, 5.41) is 2.44. The van der Waals surface area contributed by atoms with E-state index in [0.717, 1.165) is 11.0 Å². The molecular formula is C11H9N3O2. The molecule has 5 heteroatoms. The van der Waals surface area contributed by atoms with Crippen molar-refractivity contribution < 1.29 is 9.53 Å². The number of fused-ring (bicyclic) bond motifs is 1. The molecule has 1 aromatic carbocycles. The monoisotopic (exact) mass is 215 g/mol. The molecule has 0 spiro atoms. The molecule has 1 heterocycles. The van der Waals surface area contributed by atoms with Crippen LogP contribution in [-0.2, 0) is 4.74 Å². The number of para-hydroxylation sites is 2. The molecule has 0 aliphatic rings. The highest BCUT2D eigenvalue weighted by Crippen LogP contribution is 2.13. The van der Waals surface area contributed by atoms with Crippen LogP contribution >= 0.6 is 0 Å². The number of H-pyrrole nitrogens is 1. The zero-order chi connectivity index (χ0) is 11.4. The summed E-state index contributed by atoms with van der Waals surface area (Å²) in [6.07, 6.45) is 4.33. The molecule has 2 N–H and O–H groups in total. The molecule has 0 bridgehead atoms. The number of carbonyl (C=O) groups is 1. The predicted molar refractivity (Wildman–Crippen MR) is 59.9 cm³/mol. The number of nitrogens with zero attached hydrogens (tertiary/aromatic N) is 1. The minimum Gasteiger partial charge on any atom is -0.436 e. The van der Waals surface area contributed by atoms with Gasteiger partial charge in [-0.15, -0.1) is 6.42 Å². The number of anilines is 1. The number of carbonyl (C=O) groups excluding carboxylic acids is 1. The first kappa shape index (κ1) is 10.1. The van der Waals surface area contributed by atoms with Gasteiger partial charge in [0.25, 0.3) is 0 Å². The summed E-state index contributed by atoms with van der Waals surface area (Å²) in [5.41, 5.74) is 1.62. The maximum absolute atomic E-state index is 11.2. The van der Waals surface area contributed by atoms with Crippen molar-refractivity contribution in [3.8, 4) is 12.3 Å². The van der Waals surface area contributed by atoms with Gasteiger partial charge >= 0.3 is 6.09 Å². The quantitative estimate of drug-likeness (QED) is 0.750. The normalized spacial score (nSPS) is 9.69. The van der Waals surface area contributed by atoms with Gasteiger partial charge in [-0.25, -0.2) is 9.78 Å². The van der Waals surface area contributed by atoms with Gasteiger partial charge in [-0.3, -0.25) is 5.32 Å². The first-order valence-electron chi connectivity index (χ1n) is 4.61. The Bertz CT molecular complexity index is 521. The van der Waals surface area contributed by atoms with Gasteiger partial charge < -0.3 is 9.72 Å². The number of terminal acetylenes is 1. The van der Waals surface area contributed by atoms with Crippen LogP contribution in [0.15, 0.2) is 24.3 Å². The minimum absolute atomic E-state index is 0.0634. The number of benzene rings is 1. The number of amides is 1. The molecule has 0 saturated carbocycles. The van der Waals surface area contributed by atoms with E-state index in [-0.39, 0.29) is 6.61 Å². The zero-order valence-corrected chi connectivity index (χ0v) is 8.36. The molecule has 0 aliphatic carbocycles. The second-order valence-electron chi connectivity index (χ2n) is 3.01. The van der Waals surface area contributed by atoms with Gasteiger partial charge in [0.05, 0.1) is 11.0 Å². The molecule has 0 saturated heterocycles. The van der Waals surface area contributed by atoms with E-state index in [2.05, 4.69) is 25.9 Å². The van der Waals surface area contributed by atoms with Gasteiger partial charge in [0.1, 0.15) is 0 Å². The van der Waals surface area contributed by atoms with Crippen LogP contribution in [0.25, 0.3) is 11.0 Å². The van der Waals surface area contributed by atoms with Crippen LogP contribution in [0.3, 0.4) is 0 Å². The molecular weight excluding hydrogens is 206 g/mol. The Labute approximate surface area is 91.8 Å². The molecule has 2 aromatic rings. The summed E-state index contributed by atoms with van der Waals surface area (Å²) in [6, 6.07) is 7.44. The highest BCUT2D eigenvalue weighted by atomic mass is 16.5. The van der Waals surface area contributed by atoms with Crippen LogP contribution in [-0.4, -0.2) is 22.7 Å². The lowest BCUT2D eigenvalue weighted by Crippen LogP contribution is -2.14. The molecule has 0 aliphatic heterocycles. The summed E-state index contributed by atoms with van der Waals surface area (Å²) in [6.45, 7) is -0.0634. The number of aromatic nitrogens is 2. The third-order valence-corrected chi connectivity index (χ3v) is 1.90. The van der Waals surface area contributed by atoms with Crippen molar-refractivity contribution in [3.63, 3.8) is 0 Å². The Balaban J connectivity index is 2.10. The number of hydrogen-bond donors (Lipinski definition) is 2. The lowest BCUT2D eigenvalue weighted by Gasteiger charge is -1.99. The van der Waals surface area contributed by atoms with Crippen molar-refractivity contribution in [1.29, 1.82) is 0 Å². The molecule has 16 heavy (non-hydrogen) atoms.